The SMILES string of the molecule is CCOc1ccc(NC(=O)COc2c(C)cccc2C)cc1S(=O)(=O)N1CCCCC1. The van der Waals surface area contributed by atoms with Gasteiger partial charge in [-0.1, -0.05) is 24.6 Å². The van der Waals surface area contributed by atoms with Crippen LogP contribution in [0.25, 0.3) is 0 Å². The predicted molar refractivity (Wildman–Crippen MR) is 120 cm³/mol. The minimum atomic E-state index is -3.71. The van der Waals surface area contributed by atoms with Crippen LogP contribution < -0.4 is 14.8 Å². The molecule has 1 aliphatic rings. The molecule has 1 heterocycles. The number of hydrogen-bond donors (Lipinski definition) is 1. The van der Waals surface area contributed by atoms with Crippen molar-refractivity contribution < 1.29 is 22.7 Å². The smallest absolute Gasteiger partial charge is 0.262 e. The third kappa shape index (κ3) is 5.57. The summed E-state index contributed by atoms with van der Waals surface area (Å²) < 4.78 is 39.2. The number of para-hydroxylation sites is 1. The minimum absolute atomic E-state index is 0.0738. The number of sulfonamides is 1. The van der Waals surface area contributed by atoms with E-state index in [9.17, 15) is 13.2 Å². The minimum Gasteiger partial charge on any atom is -0.492 e. The van der Waals surface area contributed by atoms with Gasteiger partial charge in [0.25, 0.3) is 5.91 Å². The Balaban J connectivity index is 1.77. The molecular weight excluding hydrogens is 416 g/mol. The van der Waals surface area contributed by atoms with E-state index in [1.165, 1.54) is 10.4 Å². The van der Waals surface area contributed by atoms with Crippen LogP contribution in [0, 0.1) is 13.8 Å². The lowest BCUT2D eigenvalue weighted by atomic mass is 10.1. The fourth-order valence-electron chi connectivity index (χ4n) is 3.67. The summed E-state index contributed by atoms with van der Waals surface area (Å²) in [6.07, 6.45) is 2.71. The quantitative estimate of drug-likeness (QED) is 0.665. The van der Waals surface area contributed by atoms with Gasteiger partial charge in [-0.2, -0.15) is 4.31 Å². The highest BCUT2D eigenvalue weighted by molar-refractivity contribution is 7.89. The van der Waals surface area contributed by atoms with Crippen LogP contribution in [0.3, 0.4) is 0 Å². The number of nitrogens with one attached hydrogen (secondary N) is 1. The number of ether oxygens (including phenoxy) is 2. The number of rotatable bonds is 8. The summed E-state index contributed by atoms with van der Waals surface area (Å²) in [6.45, 7) is 6.81. The Morgan fingerprint density at radius 3 is 2.35 bits per heavy atom. The number of aryl methyl sites for hydroxylation is 2. The Morgan fingerprint density at radius 1 is 1.03 bits per heavy atom. The normalized spacial score (nSPS) is 14.8. The highest BCUT2D eigenvalue weighted by Crippen LogP contribution is 2.31. The molecule has 7 nitrogen and oxygen atoms in total. The summed E-state index contributed by atoms with van der Waals surface area (Å²) in [7, 11) is -3.71. The first-order chi connectivity index (χ1) is 14.8. The molecule has 0 atom stereocenters. The fraction of sp³-hybridized carbons (Fsp3) is 0.435. The second-order valence-electron chi connectivity index (χ2n) is 7.62. The zero-order valence-electron chi connectivity index (χ0n) is 18.3. The highest BCUT2D eigenvalue weighted by atomic mass is 32.2. The second-order valence-corrected chi connectivity index (χ2v) is 9.52. The zero-order chi connectivity index (χ0) is 22.4. The molecule has 0 aromatic heterocycles. The fourth-order valence-corrected chi connectivity index (χ4v) is 5.34. The molecule has 0 aliphatic carbocycles. The van der Waals surface area contributed by atoms with E-state index in [-0.39, 0.29) is 23.2 Å². The molecular formula is C23H30N2O5S. The molecule has 0 bridgehead atoms. The lowest BCUT2D eigenvalue weighted by Gasteiger charge is -2.27. The molecule has 168 valence electrons. The van der Waals surface area contributed by atoms with Crippen molar-refractivity contribution in [3.05, 3.63) is 47.5 Å². The number of carbonyl (C=O) groups is 1. The van der Waals surface area contributed by atoms with Gasteiger partial charge in [-0.3, -0.25) is 4.79 Å². The van der Waals surface area contributed by atoms with E-state index in [1.54, 1.807) is 19.1 Å². The van der Waals surface area contributed by atoms with Crippen LogP contribution in [0.4, 0.5) is 5.69 Å². The molecule has 0 radical (unpaired) electrons. The van der Waals surface area contributed by atoms with Crippen molar-refractivity contribution >= 4 is 21.6 Å². The van der Waals surface area contributed by atoms with Crippen LogP contribution in [-0.4, -0.2) is 44.9 Å². The van der Waals surface area contributed by atoms with Gasteiger partial charge in [-0.15, -0.1) is 0 Å². The number of anilines is 1. The van der Waals surface area contributed by atoms with E-state index in [0.717, 1.165) is 30.4 Å². The van der Waals surface area contributed by atoms with E-state index >= 15 is 0 Å². The topological polar surface area (TPSA) is 84.9 Å². The molecule has 1 aliphatic heterocycles. The van der Waals surface area contributed by atoms with Crippen LogP contribution in [0.5, 0.6) is 11.5 Å². The molecule has 31 heavy (non-hydrogen) atoms. The first kappa shape index (κ1) is 23.1. The first-order valence-electron chi connectivity index (χ1n) is 10.6. The molecule has 2 aromatic rings. The van der Waals surface area contributed by atoms with Crippen molar-refractivity contribution in [2.75, 3.05) is 31.6 Å². The van der Waals surface area contributed by atoms with Crippen LogP contribution in [0.15, 0.2) is 41.3 Å². The Kier molecular flexibility index (Phi) is 7.56. The second kappa shape index (κ2) is 10.2. The molecule has 0 spiro atoms. The van der Waals surface area contributed by atoms with E-state index in [1.807, 2.05) is 32.0 Å². The maximum Gasteiger partial charge on any atom is 0.262 e. The average molecular weight is 447 g/mol. The van der Waals surface area contributed by atoms with Crippen molar-refractivity contribution in [2.24, 2.45) is 0 Å². The third-order valence-electron chi connectivity index (χ3n) is 5.22. The van der Waals surface area contributed by atoms with Crippen LogP contribution in [0.2, 0.25) is 0 Å². The highest BCUT2D eigenvalue weighted by Gasteiger charge is 2.29. The van der Waals surface area contributed by atoms with Gasteiger partial charge in [0.15, 0.2) is 6.61 Å². The van der Waals surface area contributed by atoms with E-state index in [4.69, 9.17) is 9.47 Å². The van der Waals surface area contributed by atoms with Crippen LogP contribution >= 0.6 is 0 Å². The van der Waals surface area contributed by atoms with Crippen LogP contribution in [0.1, 0.15) is 37.3 Å². The van der Waals surface area contributed by atoms with Crippen molar-refractivity contribution in [3.8, 4) is 11.5 Å². The molecule has 3 rings (SSSR count). The standard InChI is InChI=1S/C23H30N2O5S/c1-4-29-20-12-11-19(15-21(20)31(27,28)25-13-6-5-7-14-25)24-22(26)16-30-23-17(2)9-8-10-18(23)3/h8-12,15H,4-7,13-14,16H2,1-3H3,(H,24,26). The monoisotopic (exact) mass is 446 g/mol. The molecule has 0 unspecified atom stereocenters. The summed E-state index contributed by atoms with van der Waals surface area (Å²) in [5.74, 6) is 0.601. The number of hydrogen-bond acceptors (Lipinski definition) is 5. The van der Waals surface area contributed by atoms with Gasteiger partial charge in [0.1, 0.15) is 16.4 Å². The number of amides is 1. The predicted octanol–water partition coefficient (Wildman–Crippen LogP) is 3.89. The molecule has 1 N–H and O–H groups in total. The molecule has 8 heteroatoms. The van der Waals surface area contributed by atoms with Gasteiger partial charge in [-0.05, 0) is 62.9 Å². The number of benzene rings is 2. The molecule has 2 aromatic carbocycles. The summed E-state index contributed by atoms with van der Waals surface area (Å²) in [6, 6.07) is 10.5. The van der Waals surface area contributed by atoms with E-state index < -0.39 is 10.0 Å². The summed E-state index contributed by atoms with van der Waals surface area (Å²) in [4.78, 5) is 12.5. The molecule has 1 fully saturated rings. The van der Waals surface area contributed by atoms with Crippen molar-refractivity contribution in [2.45, 2.75) is 44.9 Å². The van der Waals surface area contributed by atoms with Gasteiger partial charge >= 0.3 is 0 Å². The Hall–Kier alpha value is -2.58. The van der Waals surface area contributed by atoms with Crippen molar-refractivity contribution in [3.63, 3.8) is 0 Å². The van der Waals surface area contributed by atoms with Gasteiger partial charge in [0.2, 0.25) is 10.0 Å². The number of piperidine rings is 1. The largest absolute Gasteiger partial charge is 0.492 e. The van der Waals surface area contributed by atoms with Gasteiger partial charge in [0.05, 0.1) is 6.61 Å². The summed E-state index contributed by atoms with van der Waals surface area (Å²) in [5, 5.41) is 2.73. The lowest BCUT2D eigenvalue weighted by Crippen LogP contribution is -2.35. The average Bonchev–Trinajstić information content (AvgIpc) is 2.75. The Labute approximate surface area is 184 Å². The number of nitrogens with zero attached hydrogens (tertiary/aromatic N) is 1. The van der Waals surface area contributed by atoms with Crippen molar-refractivity contribution in [1.82, 2.24) is 4.31 Å². The van der Waals surface area contributed by atoms with Crippen molar-refractivity contribution in [1.29, 1.82) is 0 Å². The van der Waals surface area contributed by atoms with E-state index in [0.29, 0.717) is 31.1 Å². The summed E-state index contributed by atoms with van der Waals surface area (Å²) in [5.41, 5.74) is 2.28. The summed E-state index contributed by atoms with van der Waals surface area (Å²) >= 11 is 0. The lowest BCUT2D eigenvalue weighted by molar-refractivity contribution is -0.118. The van der Waals surface area contributed by atoms with Crippen LogP contribution in [-0.2, 0) is 14.8 Å². The van der Waals surface area contributed by atoms with E-state index in [2.05, 4.69) is 5.32 Å². The van der Waals surface area contributed by atoms with Gasteiger partial charge < -0.3 is 14.8 Å². The van der Waals surface area contributed by atoms with Gasteiger partial charge in [0, 0.05) is 18.8 Å². The molecule has 1 amide bonds. The van der Waals surface area contributed by atoms with Gasteiger partial charge in [-0.25, -0.2) is 8.42 Å². The molecule has 1 saturated heterocycles. The number of carbonyl (C=O) groups excluding carboxylic acids is 1. The Morgan fingerprint density at radius 2 is 1.71 bits per heavy atom. The maximum absolute atomic E-state index is 13.2. The third-order valence-corrected chi connectivity index (χ3v) is 7.14. The zero-order valence-corrected chi connectivity index (χ0v) is 19.1. The maximum atomic E-state index is 13.2. The molecule has 0 saturated carbocycles. The Bertz CT molecular complexity index is 1010. The first-order valence-corrected chi connectivity index (χ1v) is 12.0.